The summed E-state index contributed by atoms with van der Waals surface area (Å²) in [5, 5.41) is 0.961. The van der Waals surface area contributed by atoms with Crippen molar-refractivity contribution >= 4 is 34.6 Å². The van der Waals surface area contributed by atoms with E-state index in [0.29, 0.717) is 22.3 Å². The van der Waals surface area contributed by atoms with E-state index >= 15 is 0 Å². The van der Waals surface area contributed by atoms with Gasteiger partial charge in [-0.1, -0.05) is 23.2 Å². The third-order valence-electron chi connectivity index (χ3n) is 2.85. The molecule has 0 spiro atoms. The standard InChI is InChI=1S/C13H14Cl2N2O/c1-8-9(3-4-18-8)7-17(2)13-6-11(15)10(14)5-12(13)16/h3-6H,7,16H2,1-2H3. The zero-order valence-corrected chi connectivity index (χ0v) is 11.7. The summed E-state index contributed by atoms with van der Waals surface area (Å²) in [5.41, 5.74) is 8.52. The van der Waals surface area contributed by atoms with E-state index in [1.54, 1.807) is 18.4 Å². The first-order valence-electron chi connectivity index (χ1n) is 5.47. The van der Waals surface area contributed by atoms with Gasteiger partial charge in [0.15, 0.2) is 0 Å². The SMILES string of the molecule is Cc1occc1CN(C)c1cc(Cl)c(Cl)cc1N. The maximum absolute atomic E-state index is 6.01. The first-order chi connectivity index (χ1) is 8.49. The minimum Gasteiger partial charge on any atom is -0.469 e. The third kappa shape index (κ3) is 2.57. The molecule has 0 bridgehead atoms. The molecule has 3 nitrogen and oxygen atoms in total. The summed E-state index contributed by atoms with van der Waals surface area (Å²) in [7, 11) is 1.95. The molecule has 0 aliphatic heterocycles. The lowest BCUT2D eigenvalue weighted by molar-refractivity contribution is 0.529. The molecule has 18 heavy (non-hydrogen) atoms. The Labute approximate surface area is 116 Å². The molecule has 0 fully saturated rings. The molecule has 0 saturated heterocycles. The molecule has 1 aromatic carbocycles. The van der Waals surface area contributed by atoms with Gasteiger partial charge in [-0.15, -0.1) is 0 Å². The van der Waals surface area contributed by atoms with Crippen LogP contribution < -0.4 is 10.6 Å². The zero-order valence-electron chi connectivity index (χ0n) is 10.2. The van der Waals surface area contributed by atoms with Crippen molar-refractivity contribution in [2.24, 2.45) is 0 Å². The number of nitrogen functional groups attached to an aromatic ring is 1. The Hall–Kier alpha value is -1.32. The minimum absolute atomic E-state index is 0.464. The quantitative estimate of drug-likeness (QED) is 0.863. The highest BCUT2D eigenvalue weighted by Crippen LogP contribution is 2.33. The molecule has 2 aromatic rings. The number of nitrogens with two attached hydrogens (primary N) is 1. The van der Waals surface area contributed by atoms with Crippen molar-refractivity contribution in [3.05, 3.63) is 45.8 Å². The van der Waals surface area contributed by atoms with E-state index in [0.717, 1.165) is 17.0 Å². The second-order valence-corrected chi connectivity index (χ2v) is 5.00. The smallest absolute Gasteiger partial charge is 0.105 e. The largest absolute Gasteiger partial charge is 0.469 e. The van der Waals surface area contributed by atoms with Gasteiger partial charge in [-0.25, -0.2) is 0 Å². The van der Waals surface area contributed by atoms with Crippen LogP contribution in [0.1, 0.15) is 11.3 Å². The number of furan rings is 1. The van der Waals surface area contributed by atoms with Gasteiger partial charge in [-0.3, -0.25) is 0 Å². The van der Waals surface area contributed by atoms with E-state index in [1.807, 2.05) is 24.9 Å². The van der Waals surface area contributed by atoms with Crippen LogP contribution in [0.4, 0.5) is 11.4 Å². The van der Waals surface area contributed by atoms with E-state index in [-0.39, 0.29) is 0 Å². The first-order valence-corrected chi connectivity index (χ1v) is 6.23. The first kappa shape index (κ1) is 13.1. The fourth-order valence-electron chi connectivity index (χ4n) is 1.80. The predicted molar refractivity (Wildman–Crippen MR) is 76.4 cm³/mol. The minimum atomic E-state index is 0.464. The lowest BCUT2D eigenvalue weighted by Crippen LogP contribution is -2.18. The predicted octanol–water partition coefficient (Wildman–Crippen LogP) is 4.11. The fraction of sp³-hybridized carbons (Fsp3) is 0.231. The molecular formula is C13H14Cl2N2O. The fourth-order valence-corrected chi connectivity index (χ4v) is 2.13. The molecule has 0 atom stereocenters. The number of benzene rings is 1. The average molecular weight is 285 g/mol. The number of anilines is 2. The number of aryl methyl sites for hydroxylation is 1. The van der Waals surface area contributed by atoms with Crippen molar-refractivity contribution in [3.8, 4) is 0 Å². The molecule has 5 heteroatoms. The Morgan fingerprint density at radius 3 is 2.56 bits per heavy atom. The zero-order chi connectivity index (χ0) is 13.3. The molecule has 0 radical (unpaired) electrons. The summed E-state index contributed by atoms with van der Waals surface area (Å²) >= 11 is 11.9. The van der Waals surface area contributed by atoms with Gasteiger partial charge < -0.3 is 15.1 Å². The molecule has 2 rings (SSSR count). The summed E-state index contributed by atoms with van der Waals surface area (Å²) < 4.78 is 5.27. The van der Waals surface area contributed by atoms with Crippen molar-refractivity contribution in [1.82, 2.24) is 0 Å². The summed E-state index contributed by atoms with van der Waals surface area (Å²) in [6, 6.07) is 5.38. The number of hydrogen-bond donors (Lipinski definition) is 1. The number of hydrogen-bond acceptors (Lipinski definition) is 3. The molecule has 2 N–H and O–H groups in total. The van der Waals surface area contributed by atoms with E-state index in [1.165, 1.54) is 0 Å². The third-order valence-corrected chi connectivity index (χ3v) is 3.58. The number of nitrogens with zero attached hydrogens (tertiary/aromatic N) is 1. The second kappa shape index (κ2) is 5.12. The van der Waals surface area contributed by atoms with Crippen LogP contribution in [0.15, 0.2) is 28.9 Å². The van der Waals surface area contributed by atoms with Crippen LogP contribution in [0.2, 0.25) is 10.0 Å². The van der Waals surface area contributed by atoms with Crippen LogP contribution in [0.3, 0.4) is 0 Å². The maximum atomic E-state index is 6.01. The molecule has 1 heterocycles. The molecule has 0 aliphatic rings. The topological polar surface area (TPSA) is 42.4 Å². The van der Waals surface area contributed by atoms with Gasteiger partial charge in [0.25, 0.3) is 0 Å². The maximum Gasteiger partial charge on any atom is 0.105 e. The van der Waals surface area contributed by atoms with E-state index < -0.39 is 0 Å². The van der Waals surface area contributed by atoms with Gasteiger partial charge in [0.2, 0.25) is 0 Å². The molecular weight excluding hydrogens is 271 g/mol. The Balaban J connectivity index is 2.26. The normalized spacial score (nSPS) is 10.7. The lowest BCUT2D eigenvalue weighted by atomic mass is 10.2. The van der Waals surface area contributed by atoms with Crippen LogP contribution in [0, 0.1) is 6.92 Å². The van der Waals surface area contributed by atoms with Crippen LogP contribution in [0.5, 0.6) is 0 Å². The Morgan fingerprint density at radius 2 is 1.94 bits per heavy atom. The van der Waals surface area contributed by atoms with Crippen molar-refractivity contribution in [2.45, 2.75) is 13.5 Å². The van der Waals surface area contributed by atoms with Crippen LogP contribution >= 0.6 is 23.2 Å². The van der Waals surface area contributed by atoms with Gasteiger partial charge in [0.1, 0.15) is 5.76 Å². The summed E-state index contributed by atoms with van der Waals surface area (Å²) in [6.07, 6.45) is 1.68. The van der Waals surface area contributed by atoms with Crippen LogP contribution in [-0.4, -0.2) is 7.05 Å². The molecule has 0 saturated carbocycles. The van der Waals surface area contributed by atoms with Gasteiger partial charge in [-0.05, 0) is 25.1 Å². The second-order valence-electron chi connectivity index (χ2n) is 4.18. The van der Waals surface area contributed by atoms with Gasteiger partial charge in [0, 0.05) is 19.2 Å². The van der Waals surface area contributed by atoms with E-state index in [9.17, 15) is 0 Å². The van der Waals surface area contributed by atoms with Crippen LogP contribution in [0.25, 0.3) is 0 Å². The number of halogens is 2. The monoisotopic (exact) mass is 284 g/mol. The molecule has 0 amide bonds. The molecule has 0 aliphatic carbocycles. The Kier molecular flexibility index (Phi) is 3.73. The average Bonchev–Trinajstić information content (AvgIpc) is 2.69. The van der Waals surface area contributed by atoms with Crippen molar-refractivity contribution in [2.75, 3.05) is 17.7 Å². The van der Waals surface area contributed by atoms with E-state index in [2.05, 4.69) is 0 Å². The van der Waals surface area contributed by atoms with Gasteiger partial charge in [-0.2, -0.15) is 0 Å². The molecule has 96 valence electrons. The summed E-state index contributed by atoms with van der Waals surface area (Å²) in [5.74, 6) is 0.903. The summed E-state index contributed by atoms with van der Waals surface area (Å²) in [6.45, 7) is 2.63. The highest BCUT2D eigenvalue weighted by atomic mass is 35.5. The van der Waals surface area contributed by atoms with Crippen molar-refractivity contribution < 1.29 is 4.42 Å². The molecule has 0 unspecified atom stereocenters. The van der Waals surface area contributed by atoms with E-state index in [4.69, 9.17) is 33.4 Å². The summed E-state index contributed by atoms with van der Waals surface area (Å²) in [4.78, 5) is 2.01. The lowest BCUT2D eigenvalue weighted by Gasteiger charge is -2.21. The van der Waals surface area contributed by atoms with Crippen LogP contribution in [-0.2, 0) is 6.54 Å². The van der Waals surface area contributed by atoms with Crippen molar-refractivity contribution in [3.63, 3.8) is 0 Å². The number of rotatable bonds is 3. The molecule has 1 aromatic heterocycles. The van der Waals surface area contributed by atoms with Gasteiger partial charge >= 0.3 is 0 Å². The van der Waals surface area contributed by atoms with Crippen molar-refractivity contribution in [1.29, 1.82) is 0 Å². The Bertz CT molecular complexity index is 566. The van der Waals surface area contributed by atoms with Gasteiger partial charge in [0.05, 0.1) is 27.7 Å². The highest BCUT2D eigenvalue weighted by molar-refractivity contribution is 6.42. The Morgan fingerprint density at radius 1 is 1.28 bits per heavy atom. The highest BCUT2D eigenvalue weighted by Gasteiger charge is 2.11.